The highest BCUT2D eigenvalue weighted by Crippen LogP contribution is 2.30. The van der Waals surface area contributed by atoms with Gasteiger partial charge in [-0.1, -0.05) is 26.0 Å². The number of piperidine rings is 1. The van der Waals surface area contributed by atoms with E-state index in [9.17, 15) is 27.2 Å². The summed E-state index contributed by atoms with van der Waals surface area (Å²) in [7, 11) is 0. The second-order valence-corrected chi connectivity index (χ2v) is 7.08. The van der Waals surface area contributed by atoms with Crippen molar-refractivity contribution >= 4 is 11.8 Å². The van der Waals surface area contributed by atoms with Crippen LogP contribution >= 0.6 is 0 Å². The minimum atomic E-state index is -5.03. The molecule has 1 aromatic rings. The second-order valence-electron chi connectivity index (χ2n) is 7.08. The van der Waals surface area contributed by atoms with Crippen molar-refractivity contribution in [2.75, 3.05) is 13.1 Å². The highest BCUT2D eigenvalue weighted by atomic mass is 19.4. The molecule has 1 aliphatic rings. The van der Waals surface area contributed by atoms with Crippen LogP contribution in [0.25, 0.3) is 0 Å². The number of carbonyl (C=O) groups excluding carboxylic acids is 2. The number of likely N-dealkylation sites (tertiary alicyclic amines) is 1. The lowest BCUT2D eigenvalue weighted by atomic mass is 9.84. The van der Waals surface area contributed by atoms with Crippen LogP contribution in [-0.2, 0) is 9.59 Å². The first-order valence-corrected chi connectivity index (χ1v) is 8.68. The van der Waals surface area contributed by atoms with E-state index >= 15 is 0 Å². The van der Waals surface area contributed by atoms with Crippen LogP contribution < -0.4 is 11.1 Å². The Morgan fingerprint density at radius 1 is 1.22 bits per heavy atom. The van der Waals surface area contributed by atoms with Crippen molar-refractivity contribution in [2.45, 2.75) is 44.4 Å². The zero-order valence-electron chi connectivity index (χ0n) is 15.1. The number of hydrogen-bond donors (Lipinski definition) is 2. The summed E-state index contributed by atoms with van der Waals surface area (Å²) in [6, 6.07) is 3.65. The van der Waals surface area contributed by atoms with Gasteiger partial charge in [0.1, 0.15) is 5.82 Å². The summed E-state index contributed by atoms with van der Waals surface area (Å²) < 4.78 is 51.3. The number of carbonyl (C=O) groups is 2. The lowest BCUT2D eigenvalue weighted by Gasteiger charge is -2.40. The Balaban J connectivity index is 2.23. The van der Waals surface area contributed by atoms with E-state index in [1.165, 1.54) is 29.2 Å². The molecule has 0 aromatic heterocycles. The van der Waals surface area contributed by atoms with Gasteiger partial charge in [0.05, 0.1) is 12.1 Å². The molecule has 9 heteroatoms. The third kappa shape index (κ3) is 5.18. The van der Waals surface area contributed by atoms with Gasteiger partial charge in [0, 0.05) is 19.0 Å². The van der Waals surface area contributed by atoms with E-state index in [-0.39, 0.29) is 18.4 Å². The predicted molar refractivity (Wildman–Crippen MR) is 91.1 cm³/mol. The lowest BCUT2D eigenvalue weighted by molar-refractivity contribution is -0.175. The molecule has 150 valence electrons. The van der Waals surface area contributed by atoms with Crippen LogP contribution in [0, 0.1) is 11.7 Å². The Morgan fingerprint density at radius 3 is 2.33 bits per heavy atom. The minimum absolute atomic E-state index is 0.0941. The lowest BCUT2D eigenvalue weighted by Crippen LogP contribution is -2.58. The molecule has 5 nitrogen and oxygen atoms in total. The second kappa shape index (κ2) is 8.24. The van der Waals surface area contributed by atoms with Gasteiger partial charge in [-0.2, -0.15) is 13.2 Å². The quantitative estimate of drug-likeness (QED) is 0.775. The number of benzene rings is 1. The molecule has 1 aromatic carbocycles. The Morgan fingerprint density at radius 2 is 1.81 bits per heavy atom. The molecule has 0 spiro atoms. The van der Waals surface area contributed by atoms with Crippen molar-refractivity contribution in [2.24, 2.45) is 11.7 Å². The fourth-order valence-corrected chi connectivity index (χ4v) is 3.15. The van der Waals surface area contributed by atoms with Crippen molar-refractivity contribution in [3.8, 4) is 0 Å². The molecule has 0 aliphatic carbocycles. The number of nitrogens with one attached hydrogen (secondary N) is 1. The molecule has 3 atom stereocenters. The number of amides is 2. The third-order valence-corrected chi connectivity index (χ3v) is 4.80. The van der Waals surface area contributed by atoms with Crippen molar-refractivity contribution in [3.05, 3.63) is 35.6 Å². The SMILES string of the molecule is CC(C)[C@H](N)C(=O)N1CCC(c2ccc(F)cc2)C(NC(=O)C(F)(F)F)C1. The molecular formula is C18H23F4N3O2. The highest BCUT2D eigenvalue weighted by molar-refractivity contribution is 5.83. The van der Waals surface area contributed by atoms with Gasteiger partial charge in [-0.25, -0.2) is 4.39 Å². The molecule has 2 unspecified atom stereocenters. The van der Waals surface area contributed by atoms with Crippen molar-refractivity contribution in [1.29, 1.82) is 0 Å². The number of nitrogens with zero attached hydrogens (tertiary/aromatic N) is 1. The summed E-state index contributed by atoms with van der Waals surface area (Å²) in [5.41, 5.74) is 6.47. The summed E-state index contributed by atoms with van der Waals surface area (Å²) in [5, 5.41) is 1.98. The maximum absolute atomic E-state index is 13.2. The molecule has 2 rings (SSSR count). The van der Waals surface area contributed by atoms with Gasteiger partial charge >= 0.3 is 12.1 Å². The van der Waals surface area contributed by atoms with Crippen LogP contribution in [0.1, 0.15) is 31.7 Å². The van der Waals surface area contributed by atoms with Crippen LogP contribution in [0.5, 0.6) is 0 Å². The smallest absolute Gasteiger partial charge is 0.343 e. The van der Waals surface area contributed by atoms with Crippen LogP contribution in [0.15, 0.2) is 24.3 Å². The summed E-state index contributed by atoms with van der Waals surface area (Å²) >= 11 is 0. The normalized spacial score (nSPS) is 21.9. The average Bonchev–Trinajstić information content (AvgIpc) is 2.60. The van der Waals surface area contributed by atoms with E-state index in [1.54, 1.807) is 13.8 Å². The standard InChI is InChI=1S/C18H23F4N3O2/c1-10(2)15(23)16(26)25-8-7-13(11-3-5-12(19)6-4-11)14(9-25)24-17(27)18(20,21)22/h3-6,10,13-15H,7-9,23H2,1-2H3,(H,24,27)/t13?,14?,15-/m0/s1. The van der Waals surface area contributed by atoms with E-state index in [0.29, 0.717) is 18.5 Å². The van der Waals surface area contributed by atoms with Crippen LogP contribution in [0.2, 0.25) is 0 Å². The topological polar surface area (TPSA) is 75.4 Å². The maximum atomic E-state index is 13.2. The van der Waals surface area contributed by atoms with E-state index in [0.717, 1.165) is 0 Å². The Labute approximate surface area is 154 Å². The first-order chi connectivity index (χ1) is 12.5. The minimum Gasteiger partial charge on any atom is -0.343 e. The van der Waals surface area contributed by atoms with Crippen molar-refractivity contribution < 1.29 is 27.2 Å². The Bertz CT molecular complexity index is 676. The molecule has 3 N–H and O–H groups in total. The molecule has 1 saturated heterocycles. The van der Waals surface area contributed by atoms with E-state index in [1.807, 2.05) is 5.32 Å². The van der Waals surface area contributed by atoms with Gasteiger partial charge in [0.25, 0.3) is 0 Å². The number of rotatable bonds is 4. The molecular weight excluding hydrogens is 366 g/mol. The van der Waals surface area contributed by atoms with Gasteiger partial charge in [0.2, 0.25) is 5.91 Å². The monoisotopic (exact) mass is 389 g/mol. The zero-order valence-corrected chi connectivity index (χ0v) is 15.1. The molecule has 0 bridgehead atoms. The molecule has 27 heavy (non-hydrogen) atoms. The molecule has 2 amide bonds. The van der Waals surface area contributed by atoms with E-state index in [4.69, 9.17) is 5.73 Å². The van der Waals surface area contributed by atoms with Gasteiger partial charge in [-0.3, -0.25) is 9.59 Å². The van der Waals surface area contributed by atoms with Crippen LogP contribution in [0.4, 0.5) is 17.6 Å². The first-order valence-electron chi connectivity index (χ1n) is 8.68. The summed E-state index contributed by atoms with van der Waals surface area (Å²) in [6.07, 6.45) is -4.71. The maximum Gasteiger partial charge on any atom is 0.471 e. The van der Waals surface area contributed by atoms with Crippen LogP contribution in [-0.4, -0.2) is 48.1 Å². The number of hydrogen-bond acceptors (Lipinski definition) is 3. The number of halogens is 4. The molecule has 1 aliphatic heterocycles. The Kier molecular flexibility index (Phi) is 6.46. The fraction of sp³-hybridized carbons (Fsp3) is 0.556. The molecule has 0 saturated carbocycles. The first kappa shape index (κ1) is 21.1. The fourth-order valence-electron chi connectivity index (χ4n) is 3.15. The molecule has 0 radical (unpaired) electrons. The molecule has 1 heterocycles. The summed E-state index contributed by atoms with van der Waals surface area (Å²) in [6.45, 7) is 3.75. The van der Waals surface area contributed by atoms with Crippen molar-refractivity contribution in [1.82, 2.24) is 10.2 Å². The predicted octanol–water partition coefficient (Wildman–Crippen LogP) is 2.17. The van der Waals surface area contributed by atoms with Gasteiger partial charge in [0.15, 0.2) is 0 Å². The highest BCUT2D eigenvalue weighted by Gasteiger charge is 2.43. The zero-order chi connectivity index (χ0) is 20.4. The summed E-state index contributed by atoms with van der Waals surface area (Å²) in [4.78, 5) is 25.3. The number of nitrogens with two attached hydrogens (primary N) is 1. The van der Waals surface area contributed by atoms with Gasteiger partial charge in [-0.15, -0.1) is 0 Å². The summed E-state index contributed by atoms with van der Waals surface area (Å²) in [5.74, 6) is -3.51. The van der Waals surface area contributed by atoms with Crippen LogP contribution in [0.3, 0.4) is 0 Å². The van der Waals surface area contributed by atoms with Crippen molar-refractivity contribution in [3.63, 3.8) is 0 Å². The van der Waals surface area contributed by atoms with E-state index in [2.05, 4.69) is 0 Å². The number of alkyl halides is 3. The Hall–Kier alpha value is -2.16. The molecule has 1 fully saturated rings. The third-order valence-electron chi connectivity index (χ3n) is 4.80. The van der Waals surface area contributed by atoms with Gasteiger partial charge in [-0.05, 0) is 30.0 Å². The van der Waals surface area contributed by atoms with Gasteiger partial charge < -0.3 is 16.0 Å². The van der Waals surface area contributed by atoms with E-state index < -0.39 is 35.9 Å². The largest absolute Gasteiger partial charge is 0.471 e. The average molecular weight is 389 g/mol.